The third kappa shape index (κ3) is 2.68. The van der Waals surface area contributed by atoms with Crippen LogP contribution in [0, 0.1) is 6.92 Å². The lowest BCUT2D eigenvalue weighted by atomic mass is 9.77. The zero-order valence-electron chi connectivity index (χ0n) is 12.7. The van der Waals surface area contributed by atoms with Gasteiger partial charge in [0.15, 0.2) is 0 Å². The average Bonchev–Trinajstić information content (AvgIpc) is 2.53. The van der Waals surface area contributed by atoms with Gasteiger partial charge in [-0.2, -0.15) is 0 Å². The molecule has 0 spiro atoms. The first-order chi connectivity index (χ1) is 10.2. The highest BCUT2D eigenvalue weighted by molar-refractivity contribution is 5.40. The number of aliphatic hydroxyl groups is 1. The minimum Gasteiger partial charge on any atom is -0.497 e. The molecule has 1 N–H and O–H groups in total. The van der Waals surface area contributed by atoms with Crippen LogP contribution in [0.2, 0.25) is 0 Å². The number of hydrogen-bond acceptors (Lipinski definition) is 2. The number of hydrogen-bond donors (Lipinski definition) is 1. The first kappa shape index (κ1) is 14.2. The molecule has 2 aromatic carbocycles. The Labute approximate surface area is 126 Å². The van der Waals surface area contributed by atoms with Crippen molar-refractivity contribution in [3.8, 4) is 5.75 Å². The summed E-state index contributed by atoms with van der Waals surface area (Å²) in [7, 11) is 1.67. The van der Waals surface area contributed by atoms with E-state index >= 15 is 0 Å². The van der Waals surface area contributed by atoms with Gasteiger partial charge in [0.25, 0.3) is 0 Å². The van der Waals surface area contributed by atoms with Gasteiger partial charge in [-0.25, -0.2) is 0 Å². The van der Waals surface area contributed by atoms with Gasteiger partial charge in [0.05, 0.1) is 13.2 Å². The van der Waals surface area contributed by atoms with E-state index < -0.39 is 6.10 Å². The maximum atomic E-state index is 10.9. The van der Waals surface area contributed by atoms with Gasteiger partial charge in [-0.15, -0.1) is 0 Å². The van der Waals surface area contributed by atoms with E-state index in [1.54, 1.807) is 7.11 Å². The summed E-state index contributed by atoms with van der Waals surface area (Å²) in [5.74, 6) is 1.04. The van der Waals surface area contributed by atoms with Crippen LogP contribution in [0.15, 0.2) is 42.5 Å². The number of ether oxygens (including phenoxy) is 1. The summed E-state index contributed by atoms with van der Waals surface area (Å²) in [4.78, 5) is 0. The fourth-order valence-electron chi connectivity index (χ4n) is 3.44. The van der Waals surface area contributed by atoms with Crippen LogP contribution in [0.25, 0.3) is 0 Å². The number of fused-ring (bicyclic) bond motifs is 1. The summed E-state index contributed by atoms with van der Waals surface area (Å²) < 4.78 is 5.25. The maximum Gasteiger partial charge on any atom is 0.119 e. The van der Waals surface area contributed by atoms with E-state index in [0.29, 0.717) is 0 Å². The molecular weight excluding hydrogens is 260 g/mol. The van der Waals surface area contributed by atoms with Crippen LogP contribution in [0.1, 0.15) is 47.1 Å². The molecule has 21 heavy (non-hydrogen) atoms. The zero-order valence-corrected chi connectivity index (χ0v) is 12.7. The van der Waals surface area contributed by atoms with Crippen molar-refractivity contribution in [1.29, 1.82) is 0 Å². The van der Waals surface area contributed by atoms with E-state index in [0.717, 1.165) is 36.1 Å². The summed E-state index contributed by atoms with van der Waals surface area (Å²) in [6.45, 7) is 2.04. The van der Waals surface area contributed by atoms with Crippen LogP contribution in [0.3, 0.4) is 0 Å². The molecule has 2 nitrogen and oxygen atoms in total. The molecule has 1 aliphatic rings. The fraction of sp³-hybridized carbons (Fsp3) is 0.368. The number of aliphatic hydroxyl groups excluding tert-OH is 1. The Morgan fingerprint density at radius 2 is 2.00 bits per heavy atom. The molecule has 110 valence electrons. The third-order valence-corrected chi connectivity index (χ3v) is 4.59. The Balaban J connectivity index is 1.94. The van der Waals surface area contributed by atoms with Crippen LogP contribution in [-0.2, 0) is 6.42 Å². The Hall–Kier alpha value is -1.80. The van der Waals surface area contributed by atoms with E-state index in [9.17, 15) is 5.11 Å². The minimum absolute atomic E-state index is 0.196. The summed E-state index contributed by atoms with van der Waals surface area (Å²) in [6.07, 6.45) is 2.87. The minimum atomic E-state index is -0.447. The summed E-state index contributed by atoms with van der Waals surface area (Å²) in [5, 5.41) is 10.9. The largest absolute Gasteiger partial charge is 0.497 e. The molecule has 0 saturated heterocycles. The predicted octanol–water partition coefficient (Wildman–Crippen LogP) is 4.16. The molecule has 0 saturated carbocycles. The van der Waals surface area contributed by atoms with Gasteiger partial charge in [-0.3, -0.25) is 0 Å². The van der Waals surface area contributed by atoms with E-state index in [-0.39, 0.29) is 5.92 Å². The van der Waals surface area contributed by atoms with E-state index in [1.807, 2.05) is 25.1 Å². The molecule has 2 heteroatoms. The highest BCUT2D eigenvalue weighted by Crippen LogP contribution is 2.41. The van der Waals surface area contributed by atoms with Crippen molar-refractivity contribution in [2.45, 2.75) is 38.2 Å². The quantitative estimate of drug-likeness (QED) is 0.916. The summed E-state index contributed by atoms with van der Waals surface area (Å²) >= 11 is 0. The Bertz CT molecular complexity index is 633. The second kappa shape index (κ2) is 5.90. The lowest BCUT2D eigenvalue weighted by Gasteiger charge is -2.30. The smallest absolute Gasteiger partial charge is 0.119 e. The molecule has 0 aromatic heterocycles. The van der Waals surface area contributed by atoms with Crippen LogP contribution in [0.4, 0.5) is 0 Å². The average molecular weight is 282 g/mol. The lowest BCUT2D eigenvalue weighted by Crippen LogP contribution is -2.17. The molecule has 3 rings (SSSR count). The van der Waals surface area contributed by atoms with Crippen molar-refractivity contribution < 1.29 is 9.84 Å². The topological polar surface area (TPSA) is 29.5 Å². The molecule has 2 aromatic rings. The van der Waals surface area contributed by atoms with Gasteiger partial charge in [-0.05, 0) is 60.6 Å². The lowest BCUT2D eigenvalue weighted by molar-refractivity contribution is 0.135. The number of methoxy groups -OCH3 is 1. The van der Waals surface area contributed by atoms with E-state index in [4.69, 9.17) is 4.74 Å². The van der Waals surface area contributed by atoms with Crippen molar-refractivity contribution in [2.75, 3.05) is 7.11 Å². The first-order valence-corrected chi connectivity index (χ1v) is 7.61. The van der Waals surface area contributed by atoms with Gasteiger partial charge in [0.2, 0.25) is 0 Å². The summed E-state index contributed by atoms with van der Waals surface area (Å²) in [5.41, 5.74) is 4.80. The third-order valence-electron chi connectivity index (χ3n) is 4.59. The standard InChI is InChI=1S/C19H22O2/c1-13-12-15(21-2)10-11-16(13)19(20)18-9-5-7-14-6-3-4-8-17(14)18/h3-4,6,8,10-12,18-20H,5,7,9H2,1-2H3/t18-,19+/m1/s1. The van der Waals surface area contributed by atoms with Crippen LogP contribution in [0.5, 0.6) is 5.75 Å². The van der Waals surface area contributed by atoms with Crippen LogP contribution in [-0.4, -0.2) is 12.2 Å². The second-order valence-corrected chi connectivity index (χ2v) is 5.86. The molecule has 0 aliphatic heterocycles. The Morgan fingerprint density at radius 1 is 1.19 bits per heavy atom. The van der Waals surface area contributed by atoms with Crippen molar-refractivity contribution in [1.82, 2.24) is 0 Å². The van der Waals surface area contributed by atoms with Gasteiger partial charge < -0.3 is 9.84 Å². The summed E-state index contributed by atoms with van der Waals surface area (Å²) in [6, 6.07) is 14.4. The Kier molecular flexibility index (Phi) is 3.98. The van der Waals surface area contributed by atoms with Crippen molar-refractivity contribution in [3.05, 3.63) is 64.7 Å². The molecule has 0 fully saturated rings. The molecular formula is C19H22O2. The maximum absolute atomic E-state index is 10.9. The number of aryl methyl sites for hydroxylation is 2. The van der Waals surface area contributed by atoms with Gasteiger partial charge >= 0.3 is 0 Å². The molecule has 0 bridgehead atoms. The first-order valence-electron chi connectivity index (χ1n) is 7.61. The Morgan fingerprint density at radius 3 is 2.76 bits per heavy atom. The number of benzene rings is 2. The highest BCUT2D eigenvalue weighted by Gasteiger charge is 2.28. The van der Waals surface area contributed by atoms with Gasteiger partial charge in [0.1, 0.15) is 5.75 Å². The van der Waals surface area contributed by atoms with Crippen molar-refractivity contribution >= 4 is 0 Å². The molecule has 0 unspecified atom stereocenters. The van der Waals surface area contributed by atoms with Crippen LogP contribution < -0.4 is 4.74 Å². The molecule has 0 amide bonds. The molecule has 2 atom stereocenters. The van der Waals surface area contributed by atoms with E-state index in [1.165, 1.54) is 11.1 Å². The van der Waals surface area contributed by atoms with E-state index in [2.05, 4.69) is 24.3 Å². The highest BCUT2D eigenvalue weighted by atomic mass is 16.5. The monoisotopic (exact) mass is 282 g/mol. The SMILES string of the molecule is COc1ccc([C@H](O)[C@@H]2CCCc3ccccc32)c(C)c1. The predicted molar refractivity (Wildman–Crippen MR) is 84.8 cm³/mol. The molecule has 1 aliphatic carbocycles. The fourth-order valence-corrected chi connectivity index (χ4v) is 3.44. The van der Waals surface area contributed by atoms with Crippen LogP contribution >= 0.6 is 0 Å². The zero-order chi connectivity index (χ0) is 14.8. The molecule has 0 heterocycles. The van der Waals surface area contributed by atoms with Crippen molar-refractivity contribution in [2.24, 2.45) is 0 Å². The molecule has 0 radical (unpaired) electrons. The number of rotatable bonds is 3. The normalized spacial score (nSPS) is 18.9. The van der Waals surface area contributed by atoms with Gasteiger partial charge in [0, 0.05) is 5.92 Å². The second-order valence-electron chi connectivity index (χ2n) is 5.86. The van der Waals surface area contributed by atoms with Gasteiger partial charge in [-0.1, -0.05) is 30.3 Å². The van der Waals surface area contributed by atoms with Crippen molar-refractivity contribution in [3.63, 3.8) is 0 Å².